The Morgan fingerprint density at radius 2 is 0.938 bits per heavy atom. The van der Waals surface area contributed by atoms with E-state index in [0.717, 1.165) is 6.42 Å². The van der Waals surface area contributed by atoms with Gasteiger partial charge >= 0.3 is 0 Å². The lowest BCUT2D eigenvalue weighted by Crippen LogP contribution is -2.44. The van der Waals surface area contributed by atoms with Gasteiger partial charge in [-0.05, 0) is 24.5 Å². The third kappa shape index (κ3) is 9.46. The van der Waals surface area contributed by atoms with E-state index >= 15 is 0 Å². The molecule has 32 heavy (non-hydrogen) atoms. The third-order valence-electron chi connectivity index (χ3n) is 7.11. The molecule has 1 unspecified atom stereocenters. The van der Waals surface area contributed by atoms with Gasteiger partial charge in [-0.15, -0.1) is 0 Å². The smallest absolute Gasteiger partial charge is 0.0325 e. The Bertz CT molecular complexity index is 630. The molecular weight excluding hydrogens is 390 g/mol. The molecule has 0 amide bonds. The van der Waals surface area contributed by atoms with E-state index in [-0.39, 0.29) is 16.9 Å². The Labute approximate surface area is 198 Å². The summed E-state index contributed by atoms with van der Waals surface area (Å²) in [6.45, 7) is 4.61. The molecule has 0 saturated carbocycles. The predicted octanol–water partition coefficient (Wildman–Crippen LogP) is 7.98. The second-order valence-electron chi connectivity index (χ2n) is 9.57. The fourth-order valence-electron chi connectivity index (χ4n) is 4.83. The zero-order valence-corrected chi connectivity index (χ0v) is 20.8. The van der Waals surface area contributed by atoms with Crippen molar-refractivity contribution in [2.45, 2.75) is 115 Å². The highest BCUT2D eigenvalue weighted by Gasteiger charge is 2.34. The van der Waals surface area contributed by atoms with Crippen LogP contribution < -0.4 is 5.73 Å². The van der Waals surface area contributed by atoms with Crippen molar-refractivity contribution >= 4 is 0 Å². The van der Waals surface area contributed by atoms with Crippen molar-refractivity contribution in [2.75, 3.05) is 0 Å². The van der Waals surface area contributed by atoms with E-state index in [4.69, 9.17) is 5.73 Å². The first-order valence-corrected chi connectivity index (χ1v) is 13.1. The molecule has 0 aliphatic rings. The SMILES string of the molecule is CCCCCCCCCCCCCCCC(N)C(C)(c1ccccc1)c1ccccc1.O. The van der Waals surface area contributed by atoms with Crippen LogP contribution in [0.1, 0.15) is 115 Å². The fourth-order valence-corrected chi connectivity index (χ4v) is 4.83. The first-order valence-electron chi connectivity index (χ1n) is 13.1. The van der Waals surface area contributed by atoms with E-state index in [1.54, 1.807) is 0 Å². The fraction of sp³-hybridized carbons (Fsp3) is 0.600. The number of hydrogen-bond acceptors (Lipinski definition) is 1. The number of nitrogens with two attached hydrogens (primary N) is 1. The number of benzene rings is 2. The summed E-state index contributed by atoms with van der Waals surface area (Å²) in [4.78, 5) is 0. The molecule has 2 aromatic rings. The molecule has 4 N–H and O–H groups in total. The molecule has 2 nitrogen and oxygen atoms in total. The molecule has 0 bridgehead atoms. The standard InChI is InChI=1S/C30H47N.H2O/c1-3-4-5-6-7-8-9-10-11-12-13-14-21-26-29(31)30(2,27-22-17-15-18-23-27)28-24-19-16-20-25-28;/h15-20,22-25,29H,3-14,21,26,31H2,1-2H3;1H2. The summed E-state index contributed by atoms with van der Waals surface area (Å²) in [5.41, 5.74) is 9.36. The Hall–Kier alpha value is -1.64. The average Bonchev–Trinajstić information content (AvgIpc) is 2.82. The highest BCUT2D eigenvalue weighted by molar-refractivity contribution is 5.40. The molecule has 0 aliphatic heterocycles. The van der Waals surface area contributed by atoms with Gasteiger partial charge in [0.2, 0.25) is 0 Å². The Balaban J connectivity index is 0.00000512. The summed E-state index contributed by atoms with van der Waals surface area (Å²) in [6.07, 6.45) is 19.2. The largest absolute Gasteiger partial charge is 0.412 e. The topological polar surface area (TPSA) is 57.5 Å². The lowest BCUT2D eigenvalue weighted by molar-refractivity contribution is 0.401. The van der Waals surface area contributed by atoms with Gasteiger partial charge in [0.25, 0.3) is 0 Å². The highest BCUT2D eigenvalue weighted by Crippen LogP contribution is 2.36. The van der Waals surface area contributed by atoms with Crippen LogP contribution in [0, 0.1) is 0 Å². The van der Waals surface area contributed by atoms with Crippen LogP contribution in [0.25, 0.3) is 0 Å². The van der Waals surface area contributed by atoms with Crippen LogP contribution in [0.15, 0.2) is 60.7 Å². The van der Waals surface area contributed by atoms with Gasteiger partial charge in [-0.1, -0.05) is 151 Å². The normalized spacial score (nSPS) is 12.3. The van der Waals surface area contributed by atoms with Gasteiger partial charge in [-0.2, -0.15) is 0 Å². The van der Waals surface area contributed by atoms with E-state index in [0.29, 0.717) is 0 Å². The third-order valence-corrected chi connectivity index (χ3v) is 7.11. The molecule has 2 rings (SSSR count). The van der Waals surface area contributed by atoms with Crippen molar-refractivity contribution in [3.8, 4) is 0 Å². The van der Waals surface area contributed by atoms with Crippen LogP contribution in [0.2, 0.25) is 0 Å². The van der Waals surface area contributed by atoms with Crippen molar-refractivity contribution in [1.82, 2.24) is 0 Å². The van der Waals surface area contributed by atoms with E-state index in [9.17, 15) is 0 Å². The van der Waals surface area contributed by atoms with Crippen LogP contribution in [-0.2, 0) is 5.41 Å². The average molecular weight is 440 g/mol. The molecule has 0 radical (unpaired) electrons. The monoisotopic (exact) mass is 439 g/mol. The molecule has 0 aliphatic carbocycles. The second kappa shape index (κ2) is 16.9. The van der Waals surface area contributed by atoms with Gasteiger partial charge in [0.15, 0.2) is 0 Å². The lowest BCUT2D eigenvalue weighted by Gasteiger charge is -2.37. The summed E-state index contributed by atoms with van der Waals surface area (Å²) in [7, 11) is 0. The van der Waals surface area contributed by atoms with Crippen molar-refractivity contribution < 1.29 is 5.48 Å². The molecule has 2 aromatic carbocycles. The maximum Gasteiger partial charge on any atom is 0.0325 e. The summed E-state index contributed by atoms with van der Waals surface area (Å²) in [6, 6.07) is 21.8. The second-order valence-corrected chi connectivity index (χ2v) is 9.57. The quantitative estimate of drug-likeness (QED) is 0.250. The van der Waals surface area contributed by atoms with Crippen molar-refractivity contribution in [1.29, 1.82) is 0 Å². The van der Waals surface area contributed by atoms with Gasteiger partial charge in [-0.3, -0.25) is 0 Å². The molecule has 180 valence electrons. The van der Waals surface area contributed by atoms with E-state index in [1.165, 1.54) is 94.6 Å². The van der Waals surface area contributed by atoms with Gasteiger partial charge in [-0.25, -0.2) is 0 Å². The lowest BCUT2D eigenvalue weighted by atomic mass is 9.69. The summed E-state index contributed by atoms with van der Waals surface area (Å²) >= 11 is 0. The first-order chi connectivity index (χ1) is 15.2. The Morgan fingerprint density at radius 3 is 1.31 bits per heavy atom. The minimum absolute atomic E-state index is 0. The van der Waals surface area contributed by atoms with E-state index in [2.05, 4.69) is 74.5 Å². The molecule has 0 saturated heterocycles. The highest BCUT2D eigenvalue weighted by atomic mass is 16.0. The Morgan fingerprint density at radius 1 is 0.594 bits per heavy atom. The molecule has 0 spiro atoms. The number of unbranched alkanes of at least 4 members (excludes halogenated alkanes) is 12. The summed E-state index contributed by atoms with van der Waals surface area (Å²) in [5.74, 6) is 0. The number of hydrogen-bond donors (Lipinski definition) is 1. The molecule has 2 heteroatoms. The van der Waals surface area contributed by atoms with Crippen molar-refractivity contribution in [3.63, 3.8) is 0 Å². The molecule has 0 heterocycles. The zero-order valence-electron chi connectivity index (χ0n) is 20.8. The summed E-state index contributed by atoms with van der Waals surface area (Å²) in [5, 5.41) is 0. The maximum atomic E-state index is 6.86. The van der Waals surface area contributed by atoms with Crippen LogP contribution in [0.3, 0.4) is 0 Å². The van der Waals surface area contributed by atoms with Gasteiger partial charge in [0, 0.05) is 11.5 Å². The van der Waals surface area contributed by atoms with Gasteiger partial charge < -0.3 is 11.2 Å². The van der Waals surface area contributed by atoms with Crippen LogP contribution >= 0.6 is 0 Å². The van der Waals surface area contributed by atoms with Crippen LogP contribution in [0.4, 0.5) is 0 Å². The van der Waals surface area contributed by atoms with E-state index < -0.39 is 0 Å². The summed E-state index contributed by atoms with van der Waals surface area (Å²) < 4.78 is 0. The van der Waals surface area contributed by atoms with E-state index in [1.807, 2.05) is 0 Å². The minimum atomic E-state index is -0.139. The zero-order chi connectivity index (χ0) is 22.2. The predicted molar refractivity (Wildman–Crippen MR) is 141 cm³/mol. The Kier molecular flexibility index (Phi) is 15.0. The maximum absolute atomic E-state index is 6.86. The van der Waals surface area contributed by atoms with Gasteiger partial charge in [0.05, 0.1) is 0 Å². The first kappa shape index (κ1) is 28.4. The number of rotatable bonds is 17. The van der Waals surface area contributed by atoms with Crippen LogP contribution in [-0.4, -0.2) is 11.5 Å². The van der Waals surface area contributed by atoms with Crippen LogP contribution in [0.5, 0.6) is 0 Å². The van der Waals surface area contributed by atoms with Crippen molar-refractivity contribution in [3.05, 3.63) is 71.8 Å². The molecule has 1 atom stereocenters. The van der Waals surface area contributed by atoms with Crippen molar-refractivity contribution in [2.24, 2.45) is 5.73 Å². The van der Waals surface area contributed by atoms with Gasteiger partial charge in [0.1, 0.15) is 0 Å². The molecular formula is C30H49NO. The molecule has 0 aromatic heterocycles. The molecule has 0 fully saturated rings. The minimum Gasteiger partial charge on any atom is -0.412 e.